The average molecular weight is 425 g/mol. The Bertz CT molecular complexity index is 1060. The van der Waals surface area contributed by atoms with Gasteiger partial charge in [0.05, 0.1) is 18.8 Å². The van der Waals surface area contributed by atoms with Gasteiger partial charge in [-0.05, 0) is 37.1 Å². The highest BCUT2D eigenvalue weighted by Gasteiger charge is 2.31. The van der Waals surface area contributed by atoms with Crippen molar-refractivity contribution in [1.82, 2.24) is 10.1 Å². The van der Waals surface area contributed by atoms with Crippen LogP contribution in [0.2, 0.25) is 0 Å². The van der Waals surface area contributed by atoms with Crippen molar-refractivity contribution in [2.45, 2.75) is 26.3 Å². The van der Waals surface area contributed by atoms with E-state index in [9.17, 15) is 18.0 Å². The van der Waals surface area contributed by atoms with E-state index in [1.165, 1.54) is 23.5 Å². The van der Waals surface area contributed by atoms with Crippen molar-refractivity contribution in [1.29, 1.82) is 0 Å². The highest BCUT2D eigenvalue weighted by atomic mass is 32.1. The zero-order valence-electron chi connectivity index (χ0n) is 15.0. The van der Waals surface area contributed by atoms with Crippen LogP contribution in [-0.4, -0.2) is 29.0 Å². The van der Waals surface area contributed by atoms with Gasteiger partial charge in [-0.15, -0.1) is 24.5 Å². The van der Waals surface area contributed by atoms with Crippen LogP contribution in [0.4, 0.5) is 18.2 Å². The number of alkyl halides is 3. The fourth-order valence-corrected chi connectivity index (χ4v) is 4.13. The van der Waals surface area contributed by atoms with Gasteiger partial charge in [-0.3, -0.25) is 4.79 Å². The van der Waals surface area contributed by atoms with Crippen LogP contribution in [0.25, 0.3) is 11.5 Å². The molecule has 1 aliphatic heterocycles. The lowest BCUT2D eigenvalue weighted by molar-refractivity contribution is -0.274. The third-order valence-electron chi connectivity index (χ3n) is 4.12. The van der Waals surface area contributed by atoms with Crippen molar-refractivity contribution in [3.05, 3.63) is 46.1 Å². The molecule has 0 unspecified atom stereocenters. The number of carbonyl (C=O) groups is 1. The number of benzene rings is 1. The minimum absolute atomic E-state index is 0.0158. The predicted octanol–water partition coefficient (Wildman–Crippen LogP) is 4.33. The number of nitrogens with one attached hydrogen (secondary N) is 1. The van der Waals surface area contributed by atoms with Gasteiger partial charge in [0.15, 0.2) is 5.82 Å². The largest absolute Gasteiger partial charge is 0.573 e. The highest BCUT2D eigenvalue weighted by Crippen LogP contribution is 2.42. The molecule has 0 atom stereocenters. The van der Waals surface area contributed by atoms with Crippen LogP contribution in [-0.2, 0) is 17.8 Å². The summed E-state index contributed by atoms with van der Waals surface area (Å²) in [5.41, 5.74) is 1.58. The molecule has 0 aliphatic carbocycles. The van der Waals surface area contributed by atoms with Gasteiger partial charge in [-0.25, -0.2) is 0 Å². The number of fused-ring (bicyclic) bond motifs is 1. The van der Waals surface area contributed by atoms with Crippen LogP contribution in [0.3, 0.4) is 0 Å². The minimum atomic E-state index is -4.84. The van der Waals surface area contributed by atoms with Gasteiger partial charge in [-0.2, -0.15) is 4.98 Å². The monoisotopic (exact) mass is 425 g/mol. The normalized spacial score (nSPS) is 13.8. The molecule has 1 aromatic carbocycles. The number of rotatable bonds is 4. The Morgan fingerprint density at radius 3 is 2.90 bits per heavy atom. The molecule has 0 radical (unpaired) electrons. The summed E-state index contributed by atoms with van der Waals surface area (Å²) in [6, 6.07) is 4.85. The van der Waals surface area contributed by atoms with Crippen molar-refractivity contribution in [3.8, 4) is 17.2 Å². The Morgan fingerprint density at radius 1 is 1.34 bits per heavy atom. The van der Waals surface area contributed by atoms with Crippen molar-refractivity contribution >= 4 is 22.2 Å². The summed E-state index contributed by atoms with van der Waals surface area (Å²) >= 11 is 1.31. The number of nitrogens with zero attached hydrogens (tertiary/aromatic N) is 2. The molecular formula is C18H14F3N3O4S. The number of thiophene rings is 1. The summed E-state index contributed by atoms with van der Waals surface area (Å²) in [5, 5.41) is 7.01. The van der Waals surface area contributed by atoms with E-state index in [1.54, 1.807) is 6.92 Å². The maximum absolute atomic E-state index is 12.7. The Morgan fingerprint density at radius 2 is 2.17 bits per heavy atom. The lowest BCUT2D eigenvalue weighted by Gasteiger charge is -2.12. The van der Waals surface area contributed by atoms with Crippen LogP contribution in [0.15, 0.2) is 28.8 Å². The first-order valence-electron chi connectivity index (χ1n) is 8.50. The molecule has 0 saturated carbocycles. The fraction of sp³-hybridized carbons (Fsp3) is 0.278. The molecule has 7 nitrogen and oxygen atoms in total. The van der Waals surface area contributed by atoms with Gasteiger partial charge >= 0.3 is 6.36 Å². The van der Waals surface area contributed by atoms with Crippen LogP contribution < -0.4 is 10.1 Å². The SMILES string of the molecule is Cc1noc(-c2c(NC(=O)c3cccc(OC(F)(F)F)c3)sc3c2CCOC3)n1. The maximum atomic E-state index is 12.7. The van der Waals surface area contributed by atoms with E-state index in [0.717, 1.165) is 22.6 Å². The molecule has 0 saturated heterocycles. The molecule has 1 N–H and O–H groups in total. The highest BCUT2D eigenvalue weighted by molar-refractivity contribution is 7.17. The zero-order valence-corrected chi connectivity index (χ0v) is 15.8. The number of anilines is 1. The topological polar surface area (TPSA) is 86.5 Å². The van der Waals surface area contributed by atoms with E-state index in [-0.39, 0.29) is 11.5 Å². The van der Waals surface area contributed by atoms with Crippen LogP contribution in [0.5, 0.6) is 5.75 Å². The molecule has 0 spiro atoms. The molecular weight excluding hydrogens is 411 g/mol. The quantitative estimate of drug-likeness (QED) is 0.670. The minimum Gasteiger partial charge on any atom is -0.406 e. The van der Waals surface area contributed by atoms with E-state index in [0.29, 0.717) is 36.0 Å². The summed E-state index contributed by atoms with van der Waals surface area (Å²) in [6.07, 6.45) is -4.22. The number of aromatic nitrogens is 2. The predicted molar refractivity (Wildman–Crippen MR) is 96.8 cm³/mol. The first-order valence-corrected chi connectivity index (χ1v) is 9.32. The second kappa shape index (κ2) is 7.48. The van der Waals surface area contributed by atoms with E-state index in [2.05, 4.69) is 20.2 Å². The molecule has 1 aliphatic rings. The Balaban J connectivity index is 1.65. The molecule has 3 heterocycles. The molecule has 1 amide bonds. The average Bonchev–Trinajstić information content (AvgIpc) is 3.23. The Kier molecular flexibility index (Phi) is 5.01. The second-order valence-corrected chi connectivity index (χ2v) is 7.29. The van der Waals surface area contributed by atoms with Crippen molar-refractivity contribution in [3.63, 3.8) is 0 Å². The van der Waals surface area contributed by atoms with Gasteiger partial charge in [0.25, 0.3) is 11.8 Å². The standard InChI is InChI=1S/C18H14F3N3O4S/c1-9-22-16(28-24-9)14-12-5-6-26-8-13(12)29-17(14)23-15(25)10-3-2-4-11(7-10)27-18(19,20)21/h2-4,7H,5-6,8H2,1H3,(H,23,25). The van der Waals surface area contributed by atoms with Gasteiger partial charge in [-0.1, -0.05) is 11.2 Å². The summed E-state index contributed by atoms with van der Waals surface area (Å²) in [4.78, 5) is 17.9. The van der Waals surface area contributed by atoms with E-state index >= 15 is 0 Å². The first kappa shape index (κ1) is 19.4. The van der Waals surface area contributed by atoms with E-state index < -0.39 is 18.0 Å². The van der Waals surface area contributed by atoms with Crippen LogP contribution in [0.1, 0.15) is 26.6 Å². The summed E-state index contributed by atoms with van der Waals surface area (Å²) in [7, 11) is 0. The molecule has 2 aromatic heterocycles. The second-order valence-electron chi connectivity index (χ2n) is 6.19. The Labute approximate surface area is 166 Å². The Hall–Kier alpha value is -2.92. The lowest BCUT2D eigenvalue weighted by atomic mass is 10.1. The number of ether oxygens (including phenoxy) is 2. The summed E-state index contributed by atoms with van der Waals surface area (Å²) in [5.74, 6) is -0.348. The number of aryl methyl sites for hydroxylation is 1. The van der Waals surface area contributed by atoms with Crippen molar-refractivity contribution in [2.75, 3.05) is 11.9 Å². The van der Waals surface area contributed by atoms with Gasteiger partial charge in [0, 0.05) is 10.4 Å². The summed E-state index contributed by atoms with van der Waals surface area (Å²) < 4.78 is 51.9. The first-order chi connectivity index (χ1) is 13.8. The van der Waals surface area contributed by atoms with Gasteiger partial charge in [0.2, 0.25) is 0 Å². The molecule has 4 rings (SSSR count). The van der Waals surface area contributed by atoms with Gasteiger partial charge < -0.3 is 19.3 Å². The third kappa shape index (κ3) is 4.25. The number of amides is 1. The smallest absolute Gasteiger partial charge is 0.406 e. The summed E-state index contributed by atoms with van der Waals surface area (Å²) in [6.45, 7) is 2.60. The number of carbonyl (C=O) groups excluding carboxylic acids is 1. The van der Waals surface area contributed by atoms with Crippen molar-refractivity contribution < 1.29 is 32.0 Å². The molecule has 0 bridgehead atoms. The fourth-order valence-electron chi connectivity index (χ4n) is 2.95. The third-order valence-corrected chi connectivity index (χ3v) is 5.24. The van der Waals surface area contributed by atoms with Crippen LogP contribution >= 0.6 is 11.3 Å². The van der Waals surface area contributed by atoms with Crippen molar-refractivity contribution in [2.24, 2.45) is 0 Å². The maximum Gasteiger partial charge on any atom is 0.573 e. The molecule has 11 heteroatoms. The lowest BCUT2D eigenvalue weighted by Crippen LogP contribution is -2.18. The molecule has 29 heavy (non-hydrogen) atoms. The molecule has 3 aromatic rings. The van der Waals surface area contributed by atoms with Gasteiger partial charge in [0.1, 0.15) is 10.8 Å². The number of hydrogen-bond acceptors (Lipinski definition) is 7. The number of hydrogen-bond donors (Lipinski definition) is 1. The van der Waals surface area contributed by atoms with Crippen LogP contribution in [0, 0.1) is 6.92 Å². The molecule has 0 fully saturated rings. The van der Waals surface area contributed by atoms with E-state index in [1.807, 2.05) is 0 Å². The number of halogens is 3. The zero-order chi connectivity index (χ0) is 20.6. The molecule has 152 valence electrons. The van der Waals surface area contributed by atoms with E-state index in [4.69, 9.17) is 9.26 Å².